The van der Waals surface area contributed by atoms with E-state index in [9.17, 15) is 4.79 Å². The Hall–Kier alpha value is -1.22. The molecule has 0 amide bonds. The predicted octanol–water partition coefficient (Wildman–Crippen LogP) is 4.61. The molecule has 142 valence electrons. The van der Waals surface area contributed by atoms with Gasteiger partial charge in [0.05, 0.1) is 28.2 Å². The van der Waals surface area contributed by atoms with E-state index in [2.05, 4.69) is 10.3 Å². The summed E-state index contributed by atoms with van der Waals surface area (Å²) in [5, 5.41) is 12.9. The number of carbonyl (C=O) groups is 1. The van der Waals surface area contributed by atoms with Crippen LogP contribution in [0.25, 0.3) is 10.2 Å². The lowest BCUT2D eigenvalue weighted by Gasteiger charge is -2.06. The van der Waals surface area contributed by atoms with Crippen LogP contribution in [-0.4, -0.2) is 22.1 Å². The molecule has 3 aromatic heterocycles. The molecule has 0 unspecified atom stereocenters. The van der Waals surface area contributed by atoms with Gasteiger partial charge in [-0.3, -0.25) is 4.79 Å². The summed E-state index contributed by atoms with van der Waals surface area (Å²) in [5.74, 6) is -0.308. The van der Waals surface area contributed by atoms with E-state index in [4.69, 9.17) is 38.5 Å². The van der Waals surface area contributed by atoms with Crippen LogP contribution in [-0.2, 0) is 17.8 Å². The van der Waals surface area contributed by atoms with Gasteiger partial charge in [0.2, 0.25) is 0 Å². The maximum absolute atomic E-state index is 11.0. The normalized spacial score (nSPS) is 11.5. The van der Waals surface area contributed by atoms with E-state index in [1.807, 2.05) is 6.07 Å². The highest BCUT2D eigenvalue weighted by Gasteiger charge is 2.20. The third-order valence-corrected chi connectivity index (χ3v) is 5.32. The number of nitrogens with zero attached hydrogens (tertiary/aromatic N) is 1. The van der Waals surface area contributed by atoms with Crippen LogP contribution in [0.3, 0.4) is 0 Å². The van der Waals surface area contributed by atoms with Crippen molar-refractivity contribution in [1.82, 2.24) is 4.98 Å². The SMILES string of the molecule is Cl.Cl.N[C@H](Cc1sc2c(NCc3ccco3)cc(Cl)nc2c1Cl)C(=O)O. The van der Waals surface area contributed by atoms with Crippen LogP contribution in [0.2, 0.25) is 10.2 Å². The molecule has 3 rings (SSSR count). The maximum Gasteiger partial charge on any atom is 0.320 e. The lowest BCUT2D eigenvalue weighted by molar-refractivity contribution is -0.138. The van der Waals surface area contributed by atoms with E-state index in [0.29, 0.717) is 27.1 Å². The lowest BCUT2D eigenvalue weighted by atomic mass is 10.2. The predicted molar refractivity (Wildman–Crippen MR) is 109 cm³/mol. The molecule has 0 saturated carbocycles. The van der Waals surface area contributed by atoms with Crippen LogP contribution < -0.4 is 11.1 Å². The number of rotatable bonds is 6. The number of fused-ring (bicyclic) bond motifs is 1. The molecule has 0 radical (unpaired) electrons. The zero-order chi connectivity index (χ0) is 17.3. The smallest absolute Gasteiger partial charge is 0.320 e. The van der Waals surface area contributed by atoms with E-state index in [-0.39, 0.29) is 31.2 Å². The molecule has 0 bridgehead atoms. The van der Waals surface area contributed by atoms with Crippen molar-refractivity contribution in [3.63, 3.8) is 0 Å². The number of pyridine rings is 1. The Morgan fingerprint density at radius 1 is 1.42 bits per heavy atom. The Bertz CT molecular complexity index is 886. The zero-order valence-electron chi connectivity index (χ0n) is 13.1. The first-order valence-electron chi connectivity index (χ1n) is 6.97. The zero-order valence-corrected chi connectivity index (χ0v) is 17.0. The third-order valence-electron chi connectivity index (χ3n) is 3.38. The number of furan rings is 1. The second-order valence-corrected chi connectivity index (χ2v) is 6.96. The molecule has 0 aliphatic rings. The molecule has 3 heterocycles. The Morgan fingerprint density at radius 3 is 2.77 bits per heavy atom. The molecule has 4 N–H and O–H groups in total. The van der Waals surface area contributed by atoms with Crippen molar-refractivity contribution in [2.75, 3.05) is 5.32 Å². The monoisotopic (exact) mass is 457 g/mol. The van der Waals surface area contributed by atoms with Crippen LogP contribution in [0, 0.1) is 0 Å². The number of hydrogen-bond donors (Lipinski definition) is 3. The van der Waals surface area contributed by atoms with Crippen molar-refractivity contribution in [3.8, 4) is 0 Å². The van der Waals surface area contributed by atoms with Gasteiger partial charge in [-0.25, -0.2) is 4.98 Å². The second kappa shape index (κ2) is 9.64. The average Bonchev–Trinajstić information content (AvgIpc) is 3.15. The topological polar surface area (TPSA) is 101 Å². The van der Waals surface area contributed by atoms with E-state index >= 15 is 0 Å². The van der Waals surface area contributed by atoms with Gasteiger partial charge < -0.3 is 20.6 Å². The maximum atomic E-state index is 11.0. The van der Waals surface area contributed by atoms with Crippen LogP contribution >= 0.6 is 59.4 Å². The summed E-state index contributed by atoms with van der Waals surface area (Å²) in [7, 11) is 0. The van der Waals surface area contributed by atoms with Gasteiger partial charge in [0.15, 0.2) is 0 Å². The molecule has 0 saturated heterocycles. The van der Waals surface area contributed by atoms with Crippen molar-refractivity contribution in [3.05, 3.63) is 45.3 Å². The Balaban J connectivity index is 0.00000169. The summed E-state index contributed by atoms with van der Waals surface area (Å²) in [6.07, 6.45) is 1.73. The Kier molecular flexibility index (Phi) is 8.46. The van der Waals surface area contributed by atoms with Gasteiger partial charge in [0.25, 0.3) is 0 Å². The quantitative estimate of drug-likeness (QED) is 0.466. The molecule has 0 aliphatic heterocycles. The summed E-state index contributed by atoms with van der Waals surface area (Å²) in [6, 6.07) is 4.33. The molecule has 26 heavy (non-hydrogen) atoms. The fraction of sp³-hybridized carbons (Fsp3) is 0.200. The van der Waals surface area contributed by atoms with Gasteiger partial charge in [-0.05, 0) is 12.1 Å². The fourth-order valence-electron chi connectivity index (χ4n) is 2.20. The molecular weight excluding hydrogens is 444 g/mol. The Morgan fingerprint density at radius 2 is 2.15 bits per heavy atom. The average molecular weight is 459 g/mol. The largest absolute Gasteiger partial charge is 0.480 e. The minimum atomic E-state index is -1.08. The van der Waals surface area contributed by atoms with Gasteiger partial charge in [-0.15, -0.1) is 36.2 Å². The van der Waals surface area contributed by atoms with E-state index in [1.165, 1.54) is 11.3 Å². The van der Waals surface area contributed by atoms with E-state index in [0.717, 1.165) is 16.1 Å². The number of hydrogen-bond acceptors (Lipinski definition) is 6. The number of carboxylic acids is 1. The summed E-state index contributed by atoms with van der Waals surface area (Å²) in [6.45, 7) is 0.474. The third kappa shape index (κ3) is 4.94. The summed E-state index contributed by atoms with van der Waals surface area (Å²) in [4.78, 5) is 15.9. The fourth-order valence-corrected chi connectivity index (χ4v) is 3.96. The molecule has 6 nitrogen and oxygen atoms in total. The minimum absolute atomic E-state index is 0. The number of aromatic nitrogens is 1. The number of nitrogens with one attached hydrogen (secondary N) is 1. The molecule has 0 aromatic carbocycles. The second-order valence-electron chi connectivity index (χ2n) is 5.09. The summed E-state index contributed by atoms with van der Waals surface area (Å²) < 4.78 is 6.08. The first-order valence-corrected chi connectivity index (χ1v) is 8.55. The highest BCUT2D eigenvalue weighted by molar-refractivity contribution is 7.20. The van der Waals surface area contributed by atoms with E-state index < -0.39 is 12.0 Å². The number of anilines is 1. The van der Waals surface area contributed by atoms with Crippen LogP contribution in [0.1, 0.15) is 10.6 Å². The lowest BCUT2D eigenvalue weighted by Crippen LogP contribution is -2.31. The molecule has 1 atom stereocenters. The van der Waals surface area contributed by atoms with Crippen LogP contribution in [0.5, 0.6) is 0 Å². The number of carboxylic acid groups (broad SMARTS) is 1. The number of halogens is 4. The number of thiophene rings is 1. The summed E-state index contributed by atoms with van der Waals surface area (Å²) >= 11 is 13.8. The van der Waals surface area contributed by atoms with Crippen molar-refractivity contribution in [2.24, 2.45) is 5.73 Å². The van der Waals surface area contributed by atoms with Gasteiger partial charge in [0, 0.05) is 17.4 Å². The molecule has 0 spiro atoms. The number of aliphatic carboxylic acids is 1. The summed E-state index contributed by atoms with van der Waals surface area (Å²) in [5.41, 5.74) is 6.89. The standard InChI is InChI=1S/C15H13Cl2N3O3S.2ClH/c16-11-5-9(19-6-7-2-1-3-23-7)14-13(20-11)12(17)10(24-14)4-8(18)15(21)22;;/h1-3,5,8H,4,6,18H2,(H,19,20)(H,21,22);2*1H/t8-;;/m1../s1. The highest BCUT2D eigenvalue weighted by Crippen LogP contribution is 2.40. The number of nitrogens with two attached hydrogens (primary N) is 1. The minimum Gasteiger partial charge on any atom is -0.480 e. The van der Waals surface area contributed by atoms with Gasteiger partial charge in [-0.1, -0.05) is 23.2 Å². The molecule has 0 fully saturated rings. The molecule has 3 aromatic rings. The molecule has 0 aliphatic carbocycles. The van der Waals surface area contributed by atoms with Crippen LogP contribution in [0.15, 0.2) is 28.9 Å². The van der Waals surface area contributed by atoms with Gasteiger partial charge >= 0.3 is 5.97 Å². The molecular formula is C15H15Cl4N3O3S. The first kappa shape index (κ1) is 22.8. The van der Waals surface area contributed by atoms with Gasteiger partial charge in [-0.2, -0.15) is 0 Å². The van der Waals surface area contributed by atoms with Gasteiger partial charge in [0.1, 0.15) is 22.5 Å². The van der Waals surface area contributed by atoms with Crippen molar-refractivity contribution in [1.29, 1.82) is 0 Å². The van der Waals surface area contributed by atoms with Crippen molar-refractivity contribution >= 4 is 81.2 Å². The molecule has 11 heteroatoms. The van der Waals surface area contributed by atoms with Crippen LogP contribution in [0.4, 0.5) is 5.69 Å². The van der Waals surface area contributed by atoms with Crippen molar-refractivity contribution in [2.45, 2.75) is 19.0 Å². The first-order chi connectivity index (χ1) is 11.5. The van der Waals surface area contributed by atoms with Crippen molar-refractivity contribution < 1.29 is 14.3 Å². The van der Waals surface area contributed by atoms with E-state index in [1.54, 1.807) is 18.4 Å². The Labute approximate surface area is 175 Å². The highest BCUT2D eigenvalue weighted by atomic mass is 35.5.